The van der Waals surface area contributed by atoms with E-state index in [9.17, 15) is 9.59 Å². The summed E-state index contributed by atoms with van der Waals surface area (Å²) in [5, 5.41) is 8.49. The minimum absolute atomic E-state index is 0.160. The quantitative estimate of drug-likeness (QED) is 0.533. The number of carboxylic acids is 1. The largest absolute Gasteiger partial charge is 0.481 e. The lowest BCUT2D eigenvalue weighted by Gasteiger charge is -2.11. The fraction of sp³-hybridized carbons (Fsp3) is 0.467. The van der Waals surface area contributed by atoms with Gasteiger partial charge in [0.05, 0.1) is 0 Å². The summed E-state index contributed by atoms with van der Waals surface area (Å²) >= 11 is 0. The van der Waals surface area contributed by atoms with Crippen molar-refractivity contribution in [2.75, 3.05) is 0 Å². The van der Waals surface area contributed by atoms with Crippen LogP contribution in [0.3, 0.4) is 0 Å². The topological polar surface area (TPSA) is 89.6 Å². The number of aliphatic carboxylic acids is 1. The number of carboxylic acid groups (broad SMARTS) is 1. The van der Waals surface area contributed by atoms with Crippen LogP contribution < -0.4 is 5.73 Å². The molecule has 1 aromatic carbocycles. The highest BCUT2D eigenvalue weighted by Gasteiger charge is 2.14. The molecule has 0 spiro atoms. The molecular formula is C15H21NO4. The predicted molar refractivity (Wildman–Crippen MR) is 74.9 cm³/mol. The van der Waals surface area contributed by atoms with Crippen LogP contribution in [0, 0.1) is 0 Å². The van der Waals surface area contributed by atoms with Gasteiger partial charge in [-0.05, 0) is 18.4 Å². The van der Waals surface area contributed by atoms with Crippen molar-refractivity contribution in [3.05, 3.63) is 35.9 Å². The Bertz CT molecular complexity index is 419. The molecule has 1 aromatic rings. The Morgan fingerprint density at radius 2 is 1.85 bits per heavy atom. The second kappa shape index (κ2) is 9.09. The SMILES string of the molecule is NC(CCCCCC(=O)O)C(=O)OCc1ccccc1. The highest BCUT2D eigenvalue weighted by atomic mass is 16.5. The van der Waals surface area contributed by atoms with Crippen LogP contribution in [0.1, 0.15) is 37.7 Å². The summed E-state index contributed by atoms with van der Waals surface area (Å²) in [6.45, 7) is 0.229. The first-order valence-electron chi connectivity index (χ1n) is 6.77. The third-order valence-electron chi connectivity index (χ3n) is 2.93. The van der Waals surface area contributed by atoms with Crippen molar-refractivity contribution >= 4 is 11.9 Å². The van der Waals surface area contributed by atoms with Gasteiger partial charge in [0, 0.05) is 6.42 Å². The molecule has 5 heteroatoms. The molecule has 0 heterocycles. The molecule has 0 aliphatic carbocycles. The van der Waals surface area contributed by atoms with E-state index in [-0.39, 0.29) is 13.0 Å². The first-order valence-corrected chi connectivity index (χ1v) is 6.77. The monoisotopic (exact) mass is 279 g/mol. The molecule has 3 N–H and O–H groups in total. The van der Waals surface area contributed by atoms with Crippen molar-refractivity contribution in [2.45, 2.75) is 44.8 Å². The van der Waals surface area contributed by atoms with Gasteiger partial charge in [0.25, 0.3) is 0 Å². The molecule has 0 aliphatic rings. The van der Waals surface area contributed by atoms with Crippen LogP contribution in [-0.2, 0) is 20.9 Å². The Labute approximate surface area is 118 Å². The zero-order chi connectivity index (χ0) is 14.8. The van der Waals surface area contributed by atoms with Crippen LogP contribution in [-0.4, -0.2) is 23.1 Å². The Morgan fingerprint density at radius 1 is 1.15 bits per heavy atom. The molecule has 0 aliphatic heterocycles. The van der Waals surface area contributed by atoms with Gasteiger partial charge >= 0.3 is 11.9 Å². The van der Waals surface area contributed by atoms with E-state index in [4.69, 9.17) is 15.6 Å². The summed E-state index contributed by atoms with van der Waals surface area (Å²) in [6.07, 6.45) is 2.78. The lowest BCUT2D eigenvalue weighted by molar-refractivity contribution is -0.146. The van der Waals surface area contributed by atoms with Crippen molar-refractivity contribution in [3.63, 3.8) is 0 Å². The fourth-order valence-electron chi connectivity index (χ4n) is 1.77. The normalized spacial score (nSPS) is 11.8. The zero-order valence-electron chi connectivity index (χ0n) is 11.5. The molecule has 1 rings (SSSR count). The number of hydrogen-bond donors (Lipinski definition) is 2. The molecule has 110 valence electrons. The van der Waals surface area contributed by atoms with E-state index >= 15 is 0 Å². The van der Waals surface area contributed by atoms with E-state index in [0.717, 1.165) is 18.4 Å². The first kappa shape index (κ1) is 16.2. The number of rotatable bonds is 9. The van der Waals surface area contributed by atoms with Crippen molar-refractivity contribution in [1.82, 2.24) is 0 Å². The standard InChI is InChI=1S/C15H21NO4/c16-13(9-5-2-6-10-14(17)18)15(19)20-11-12-7-3-1-4-8-12/h1,3-4,7-8,13H,2,5-6,9-11,16H2,(H,17,18). The summed E-state index contributed by atoms with van der Waals surface area (Å²) in [5.41, 5.74) is 6.66. The van der Waals surface area contributed by atoms with Crippen LogP contribution >= 0.6 is 0 Å². The summed E-state index contributed by atoms with van der Waals surface area (Å²) < 4.78 is 5.13. The number of ether oxygens (including phenoxy) is 1. The fourth-order valence-corrected chi connectivity index (χ4v) is 1.77. The van der Waals surface area contributed by atoms with Crippen molar-refractivity contribution in [2.24, 2.45) is 5.73 Å². The van der Waals surface area contributed by atoms with Crippen LogP contribution in [0.5, 0.6) is 0 Å². The molecule has 1 unspecified atom stereocenters. The number of nitrogens with two attached hydrogens (primary N) is 1. The van der Waals surface area contributed by atoms with Gasteiger partial charge < -0.3 is 15.6 Å². The molecule has 0 fully saturated rings. The summed E-state index contributed by atoms with van der Waals surface area (Å²) in [6, 6.07) is 8.78. The average molecular weight is 279 g/mol. The van der Waals surface area contributed by atoms with Crippen LogP contribution in [0.2, 0.25) is 0 Å². The maximum absolute atomic E-state index is 11.6. The van der Waals surface area contributed by atoms with Gasteiger partial charge in [0.15, 0.2) is 0 Å². The molecule has 0 saturated heterocycles. The minimum Gasteiger partial charge on any atom is -0.481 e. The summed E-state index contributed by atoms with van der Waals surface area (Å²) in [7, 11) is 0. The van der Waals surface area contributed by atoms with Crippen LogP contribution in [0.15, 0.2) is 30.3 Å². The molecule has 5 nitrogen and oxygen atoms in total. The predicted octanol–water partition coefficient (Wildman–Crippen LogP) is 2.09. The van der Waals surface area contributed by atoms with Gasteiger partial charge in [-0.3, -0.25) is 9.59 Å². The Kier molecular flexibility index (Phi) is 7.35. The summed E-state index contributed by atoms with van der Waals surface area (Å²) in [5.74, 6) is -1.20. The maximum Gasteiger partial charge on any atom is 0.323 e. The molecule has 20 heavy (non-hydrogen) atoms. The third-order valence-corrected chi connectivity index (χ3v) is 2.93. The molecule has 0 bridgehead atoms. The van der Waals surface area contributed by atoms with Gasteiger partial charge in [-0.25, -0.2) is 0 Å². The molecule has 0 radical (unpaired) electrons. The Morgan fingerprint density at radius 3 is 2.50 bits per heavy atom. The second-order valence-corrected chi connectivity index (χ2v) is 4.69. The number of carbonyl (C=O) groups excluding carboxylic acids is 1. The number of unbranched alkanes of at least 4 members (excludes halogenated alkanes) is 2. The van der Waals surface area contributed by atoms with E-state index in [1.165, 1.54) is 0 Å². The van der Waals surface area contributed by atoms with E-state index in [1.807, 2.05) is 30.3 Å². The van der Waals surface area contributed by atoms with Gasteiger partial charge in [-0.15, -0.1) is 0 Å². The number of hydrogen-bond acceptors (Lipinski definition) is 4. The lowest BCUT2D eigenvalue weighted by atomic mass is 10.1. The molecule has 0 aromatic heterocycles. The first-order chi connectivity index (χ1) is 9.59. The van der Waals surface area contributed by atoms with Gasteiger partial charge in [0.1, 0.15) is 12.6 Å². The number of benzene rings is 1. The zero-order valence-corrected chi connectivity index (χ0v) is 11.5. The highest BCUT2D eigenvalue weighted by molar-refractivity contribution is 5.75. The van der Waals surface area contributed by atoms with E-state index < -0.39 is 18.0 Å². The Balaban J connectivity index is 2.14. The lowest BCUT2D eigenvalue weighted by Crippen LogP contribution is -2.32. The summed E-state index contributed by atoms with van der Waals surface area (Å²) in [4.78, 5) is 22.0. The molecule has 0 amide bonds. The van der Waals surface area contributed by atoms with Gasteiger partial charge in [-0.1, -0.05) is 43.2 Å². The second-order valence-electron chi connectivity index (χ2n) is 4.69. The molecular weight excluding hydrogens is 258 g/mol. The average Bonchev–Trinajstić information content (AvgIpc) is 2.45. The Hall–Kier alpha value is -1.88. The highest BCUT2D eigenvalue weighted by Crippen LogP contribution is 2.07. The third kappa shape index (κ3) is 6.89. The van der Waals surface area contributed by atoms with Crippen LogP contribution in [0.4, 0.5) is 0 Å². The number of carbonyl (C=O) groups is 2. The van der Waals surface area contributed by atoms with Crippen molar-refractivity contribution in [3.8, 4) is 0 Å². The van der Waals surface area contributed by atoms with E-state index in [0.29, 0.717) is 12.8 Å². The van der Waals surface area contributed by atoms with Crippen molar-refractivity contribution < 1.29 is 19.4 Å². The molecule has 1 atom stereocenters. The maximum atomic E-state index is 11.6. The smallest absolute Gasteiger partial charge is 0.323 e. The van der Waals surface area contributed by atoms with Gasteiger partial charge in [-0.2, -0.15) is 0 Å². The van der Waals surface area contributed by atoms with Crippen LogP contribution in [0.25, 0.3) is 0 Å². The molecule has 0 saturated carbocycles. The minimum atomic E-state index is -0.795. The van der Waals surface area contributed by atoms with Crippen molar-refractivity contribution in [1.29, 1.82) is 0 Å². The van der Waals surface area contributed by atoms with E-state index in [2.05, 4.69) is 0 Å². The van der Waals surface area contributed by atoms with Gasteiger partial charge in [0.2, 0.25) is 0 Å². The number of esters is 1. The van der Waals surface area contributed by atoms with E-state index in [1.54, 1.807) is 0 Å².